The van der Waals surface area contributed by atoms with E-state index in [0.29, 0.717) is 10.6 Å². The quantitative estimate of drug-likeness (QED) is 0.479. The van der Waals surface area contributed by atoms with E-state index >= 15 is 0 Å². The van der Waals surface area contributed by atoms with Gasteiger partial charge in [-0.15, -0.1) is 0 Å². The molecule has 8 nitrogen and oxygen atoms in total. The molecule has 0 fully saturated rings. The van der Waals surface area contributed by atoms with Gasteiger partial charge in [0.15, 0.2) is 0 Å². The molecule has 0 spiro atoms. The number of nitro groups is 1. The van der Waals surface area contributed by atoms with E-state index in [-0.39, 0.29) is 17.9 Å². The third kappa shape index (κ3) is 5.25. The number of aromatic nitrogens is 1. The fourth-order valence-electron chi connectivity index (χ4n) is 1.97. The van der Waals surface area contributed by atoms with Crippen LogP contribution in [0.1, 0.15) is 29.1 Å². The molecule has 0 aliphatic heterocycles. The van der Waals surface area contributed by atoms with E-state index in [1.165, 1.54) is 36.5 Å². The number of esters is 1. The van der Waals surface area contributed by atoms with E-state index < -0.39 is 22.9 Å². The SMILES string of the molecule is C[C@@H](OC(=O)CNC(=O)c1cc(Cl)ccn1)c1cccc([N+](=O)[O-])c1. The minimum absolute atomic E-state index is 0.0760. The molecule has 0 aliphatic carbocycles. The number of rotatable bonds is 6. The molecule has 0 saturated carbocycles. The van der Waals surface area contributed by atoms with Crippen LogP contribution in [0.3, 0.4) is 0 Å². The van der Waals surface area contributed by atoms with Crippen LogP contribution in [-0.2, 0) is 9.53 Å². The van der Waals surface area contributed by atoms with E-state index in [4.69, 9.17) is 16.3 Å². The molecule has 0 bridgehead atoms. The molecular formula is C16H14ClN3O5. The molecule has 0 radical (unpaired) electrons. The van der Waals surface area contributed by atoms with Crippen molar-refractivity contribution in [2.75, 3.05) is 6.54 Å². The summed E-state index contributed by atoms with van der Waals surface area (Å²) in [6.07, 6.45) is 0.675. The largest absolute Gasteiger partial charge is 0.456 e. The number of halogens is 1. The molecule has 1 atom stereocenters. The van der Waals surface area contributed by atoms with Gasteiger partial charge in [-0.2, -0.15) is 0 Å². The third-order valence-electron chi connectivity index (χ3n) is 3.21. The van der Waals surface area contributed by atoms with Gasteiger partial charge < -0.3 is 10.1 Å². The maximum absolute atomic E-state index is 11.9. The summed E-state index contributed by atoms with van der Waals surface area (Å²) in [5, 5.41) is 13.5. The molecule has 2 rings (SSSR count). The predicted molar refractivity (Wildman–Crippen MR) is 89.2 cm³/mol. The Morgan fingerprint density at radius 3 is 2.80 bits per heavy atom. The van der Waals surface area contributed by atoms with Crippen LogP contribution in [0.5, 0.6) is 0 Å². The van der Waals surface area contributed by atoms with E-state index in [9.17, 15) is 19.7 Å². The second-order valence-corrected chi connectivity index (χ2v) is 5.46. The summed E-state index contributed by atoms with van der Waals surface area (Å²) in [6, 6.07) is 8.67. The van der Waals surface area contributed by atoms with Gasteiger partial charge in [-0.3, -0.25) is 24.7 Å². The lowest BCUT2D eigenvalue weighted by Crippen LogP contribution is -2.31. The van der Waals surface area contributed by atoms with Crippen LogP contribution in [0.15, 0.2) is 42.6 Å². The molecule has 25 heavy (non-hydrogen) atoms. The van der Waals surface area contributed by atoms with Crippen molar-refractivity contribution in [1.82, 2.24) is 10.3 Å². The van der Waals surface area contributed by atoms with Crippen molar-refractivity contribution in [2.24, 2.45) is 0 Å². The van der Waals surface area contributed by atoms with Crippen LogP contribution < -0.4 is 5.32 Å². The van der Waals surface area contributed by atoms with Gasteiger partial charge in [0, 0.05) is 23.4 Å². The Kier molecular flexibility index (Phi) is 6.02. The fraction of sp³-hybridized carbons (Fsp3) is 0.188. The number of carbonyl (C=O) groups excluding carboxylic acids is 2. The average molecular weight is 364 g/mol. The zero-order chi connectivity index (χ0) is 18.4. The Labute approximate surface area is 147 Å². The van der Waals surface area contributed by atoms with Crippen molar-refractivity contribution < 1.29 is 19.2 Å². The molecule has 0 saturated heterocycles. The maximum Gasteiger partial charge on any atom is 0.326 e. The number of non-ortho nitro benzene ring substituents is 1. The Balaban J connectivity index is 1.90. The van der Waals surface area contributed by atoms with Gasteiger partial charge in [0.2, 0.25) is 0 Å². The molecule has 1 amide bonds. The number of carbonyl (C=O) groups is 2. The minimum atomic E-state index is -0.700. The zero-order valence-electron chi connectivity index (χ0n) is 13.1. The van der Waals surface area contributed by atoms with Gasteiger partial charge in [0.25, 0.3) is 11.6 Å². The number of hydrogen-bond acceptors (Lipinski definition) is 6. The summed E-state index contributed by atoms with van der Waals surface area (Å²) in [7, 11) is 0. The number of hydrogen-bond donors (Lipinski definition) is 1. The van der Waals surface area contributed by atoms with E-state index in [2.05, 4.69) is 10.3 Å². The first-order chi connectivity index (χ1) is 11.9. The first-order valence-corrected chi connectivity index (χ1v) is 7.58. The number of ether oxygens (including phenoxy) is 1. The highest BCUT2D eigenvalue weighted by molar-refractivity contribution is 6.30. The van der Waals surface area contributed by atoms with Gasteiger partial charge in [-0.05, 0) is 24.6 Å². The first kappa shape index (κ1) is 18.3. The second kappa shape index (κ2) is 8.20. The van der Waals surface area contributed by atoms with E-state index in [1.54, 1.807) is 13.0 Å². The standard InChI is InChI=1S/C16H14ClN3O5/c1-10(11-3-2-4-13(7-11)20(23)24)25-15(21)9-19-16(22)14-8-12(17)5-6-18-14/h2-8,10H,9H2,1H3,(H,19,22)/t10-/m1/s1. The molecule has 1 heterocycles. The zero-order valence-corrected chi connectivity index (χ0v) is 13.9. The molecular weight excluding hydrogens is 350 g/mol. The lowest BCUT2D eigenvalue weighted by Gasteiger charge is -2.13. The molecule has 1 aromatic heterocycles. The summed E-state index contributed by atoms with van der Waals surface area (Å²) in [5.74, 6) is -1.25. The molecule has 9 heteroatoms. The van der Waals surface area contributed by atoms with Crippen molar-refractivity contribution in [2.45, 2.75) is 13.0 Å². The number of nitrogens with zero attached hydrogens (tertiary/aromatic N) is 2. The van der Waals surface area contributed by atoms with E-state index in [1.807, 2.05) is 0 Å². The number of benzene rings is 1. The van der Waals surface area contributed by atoms with Crippen molar-refractivity contribution in [3.63, 3.8) is 0 Å². The average Bonchev–Trinajstić information content (AvgIpc) is 2.59. The topological polar surface area (TPSA) is 111 Å². The molecule has 1 aromatic carbocycles. The summed E-state index contributed by atoms with van der Waals surface area (Å²) < 4.78 is 5.16. The van der Waals surface area contributed by atoms with Crippen LogP contribution in [0.2, 0.25) is 5.02 Å². The summed E-state index contributed by atoms with van der Waals surface area (Å²) in [4.78, 5) is 37.8. The van der Waals surface area contributed by atoms with Crippen LogP contribution in [-0.4, -0.2) is 28.3 Å². The second-order valence-electron chi connectivity index (χ2n) is 5.03. The monoisotopic (exact) mass is 363 g/mol. The Bertz CT molecular complexity index is 812. The van der Waals surface area contributed by atoms with Crippen LogP contribution in [0, 0.1) is 10.1 Å². The Morgan fingerprint density at radius 1 is 1.36 bits per heavy atom. The molecule has 0 aliphatic rings. The first-order valence-electron chi connectivity index (χ1n) is 7.20. The Morgan fingerprint density at radius 2 is 2.12 bits per heavy atom. The van der Waals surface area contributed by atoms with Crippen molar-refractivity contribution in [1.29, 1.82) is 0 Å². The fourth-order valence-corrected chi connectivity index (χ4v) is 2.13. The Hall–Kier alpha value is -3.00. The van der Waals surface area contributed by atoms with E-state index in [0.717, 1.165) is 0 Å². The van der Waals surface area contributed by atoms with Gasteiger partial charge in [-0.25, -0.2) is 0 Å². The van der Waals surface area contributed by atoms with Crippen molar-refractivity contribution >= 4 is 29.2 Å². The summed E-state index contributed by atoms with van der Waals surface area (Å²) in [5.41, 5.74) is 0.457. The van der Waals surface area contributed by atoms with Crippen molar-refractivity contribution in [3.8, 4) is 0 Å². The maximum atomic E-state index is 11.9. The highest BCUT2D eigenvalue weighted by Crippen LogP contribution is 2.21. The lowest BCUT2D eigenvalue weighted by molar-refractivity contribution is -0.385. The van der Waals surface area contributed by atoms with Gasteiger partial charge >= 0.3 is 5.97 Å². The van der Waals surface area contributed by atoms with Crippen LogP contribution >= 0.6 is 11.6 Å². The number of pyridine rings is 1. The predicted octanol–water partition coefficient (Wildman–Crippen LogP) is 2.68. The third-order valence-corrected chi connectivity index (χ3v) is 3.44. The van der Waals surface area contributed by atoms with Crippen LogP contribution in [0.4, 0.5) is 5.69 Å². The molecule has 130 valence electrons. The summed E-state index contributed by atoms with van der Waals surface area (Å²) >= 11 is 5.76. The molecule has 0 unspecified atom stereocenters. The summed E-state index contributed by atoms with van der Waals surface area (Å²) in [6.45, 7) is 1.21. The lowest BCUT2D eigenvalue weighted by atomic mass is 10.1. The highest BCUT2D eigenvalue weighted by atomic mass is 35.5. The van der Waals surface area contributed by atoms with Gasteiger partial charge in [-0.1, -0.05) is 23.7 Å². The smallest absolute Gasteiger partial charge is 0.326 e. The van der Waals surface area contributed by atoms with Crippen molar-refractivity contribution in [3.05, 3.63) is 69.0 Å². The highest BCUT2D eigenvalue weighted by Gasteiger charge is 2.16. The number of nitro benzene ring substituents is 1. The van der Waals surface area contributed by atoms with Crippen LogP contribution in [0.25, 0.3) is 0 Å². The normalized spacial score (nSPS) is 11.4. The number of nitrogens with one attached hydrogen (secondary N) is 1. The minimum Gasteiger partial charge on any atom is -0.456 e. The van der Waals surface area contributed by atoms with Gasteiger partial charge in [0.1, 0.15) is 18.3 Å². The van der Waals surface area contributed by atoms with Gasteiger partial charge in [0.05, 0.1) is 4.92 Å². The molecule has 1 N–H and O–H groups in total. The number of amides is 1. The molecule has 2 aromatic rings.